The molecule has 105 valence electrons. The Bertz CT molecular complexity index is 189. The molecule has 0 unspecified atom stereocenters. The Balaban J connectivity index is 1.48. The van der Waals surface area contributed by atoms with E-state index in [2.05, 4.69) is 23.8 Å². The summed E-state index contributed by atoms with van der Waals surface area (Å²) in [7, 11) is 2.24. The first-order valence-corrected chi connectivity index (χ1v) is 7.96. The molecule has 1 heterocycles. The van der Waals surface area contributed by atoms with Crippen LogP contribution in [0.1, 0.15) is 51.9 Å². The molecule has 1 saturated carbocycles. The Morgan fingerprint density at radius 1 is 1.00 bits per heavy atom. The zero-order valence-electron chi connectivity index (χ0n) is 12.5. The van der Waals surface area contributed by atoms with E-state index < -0.39 is 0 Å². The maximum atomic E-state index is 2.65. The molecular formula is C16H31N2. The molecule has 2 aliphatic rings. The van der Waals surface area contributed by atoms with Gasteiger partial charge in [0.25, 0.3) is 0 Å². The molecule has 0 aromatic carbocycles. The van der Waals surface area contributed by atoms with Crippen LogP contribution in [-0.2, 0) is 0 Å². The van der Waals surface area contributed by atoms with Crippen molar-refractivity contribution in [3.63, 3.8) is 0 Å². The minimum Gasteiger partial charge on any atom is -0.304 e. The molecule has 2 nitrogen and oxygen atoms in total. The van der Waals surface area contributed by atoms with E-state index in [0.29, 0.717) is 0 Å². The van der Waals surface area contributed by atoms with Crippen molar-refractivity contribution in [1.82, 2.24) is 9.80 Å². The van der Waals surface area contributed by atoms with Crippen molar-refractivity contribution in [2.75, 3.05) is 39.8 Å². The van der Waals surface area contributed by atoms with Crippen molar-refractivity contribution in [3.8, 4) is 0 Å². The van der Waals surface area contributed by atoms with E-state index in [9.17, 15) is 0 Å². The summed E-state index contributed by atoms with van der Waals surface area (Å²) < 4.78 is 0. The molecule has 1 aliphatic heterocycles. The summed E-state index contributed by atoms with van der Waals surface area (Å²) in [4.78, 5) is 5.09. The highest BCUT2D eigenvalue weighted by Crippen LogP contribution is 2.32. The van der Waals surface area contributed by atoms with Crippen molar-refractivity contribution < 1.29 is 0 Å². The molecule has 0 aromatic rings. The predicted octanol–water partition coefficient (Wildman–Crippen LogP) is 3.19. The lowest BCUT2D eigenvalue weighted by atomic mass is 9.81. The van der Waals surface area contributed by atoms with Gasteiger partial charge in [0.2, 0.25) is 0 Å². The van der Waals surface area contributed by atoms with E-state index in [1.807, 2.05) is 0 Å². The van der Waals surface area contributed by atoms with Gasteiger partial charge in [-0.25, -0.2) is 0 Å². The molecule has 18 heavy (non-hydrogen) atoms. The summed E-state index contributed by atoms with van der Waals surface area (Å²) in [5, 5.41) is 0. The van der Waals surface area contributed by atoms with Crippen LogP contribution in [0.5, 0.6) is 0 Å². The molecule has 1 saturated heterocycles. The van der Waals surface area contributed by atoms with Crippen molar-refractivity contribution >= 4 is 0 Å². The predicted molar refractivity (Wildman–Crippen MR) is 78.7 cm³/mol. The van der Waals surface area contributed by atoms with Crippen LogP contribution in [0.25, 0.3) is 0 Å². The molecule has 1 aliphatic carbocycles. The third-order valence-electron chi connectivity index (χ3n) is 4.89. The maximum absolute atomic E-state index is 2.65. The smallest absolute Gasteiger partial charge is 0.0110 e. The van der Waals surface area contributed by atoms with Crippen molar-refractivity contribution in [1.29, 1.82) is 0 Å². The molecule has 0 aromatic heterocycles. The molecule has 0 atom stereocenters. The van der Waals surface area contributed by atoms with Crippen LogP contribution in [0, 0.1) is 11.8 Å². The van der Waals surface area contributed by atoms with Gasteiger partial charge in [-0.3, -0.25) is 0 Å². The van der Waals surface area contributed by atoms with E-state index in [4.69, 9.17) is 0 Å². The summed E-state index contributed by atoms with van der Waals surface area (Å²) in [5.41, 5.74) is 0. The van der Waals surface area contributed by atoms with Crippen molar-refractivity contribution in [2.45, 2.75) is 51.9 Å². The number of rotatable bonds is 5. The van der Waals surface area contributed by atoms with Gasteiger partial charge in [-0.1, -0.05) is 19.8 Å². The first-order valence-electron chi connectivity index (χ1n) is 7.96. The fourth-order valence-corrected chi connectivity index (χ4v) is 3.30. The summed E-state index contributed by atoms with van der Waals surface area (Å²) in [6.45, 7) is 8.77. The minimum absolute atomic E-state index is 1.04. The molecule has 2 rings (SSSR count). The highest BCUT2D eigenvalue weighted by molar-refractivity contribution is 4.89. The topological polar surface area (TPSA) is 6.48 Å². The van der Waals surface area contributed by atoms with E-state index in [-0.39, 0.29) is 0 Å². The van der Waals surface area contributed by atoms with Crippen molar-refractivity contribution in [3.05, 3.63) is 5.92 Å². The fraction of sp³-hybridized carbons (Fsp3) is 0.938. The summed E-state index contributed by atoms with van der Waals surface area (Å²) in [6.07, 6.45) is 10.1. The van der Waals surface area contributed by atoms with Gasteiger partial charge in [-0.15, -0.1) is 0 Å². The van der Waals surface area contributed by atoms with Gasteiger partial charge in [0.1, 0.15) is 0 Å². The Hall–Kier alpha value is -0.0800. The maximum Gasteiger partial charge on any atom is 0.0110 e. The van der Waals surface area contributed by atoms with Crippen LogP contribution in [0.4, 0.5) is 0 Å². The fourth-order valence-electron chi connectivity index (χ4n) is 3.30. The molecule has 2 fully saturated rings. The van der Waals surface area contributed by atoms with E-state index in [0.717, 1.165) is 5.92 Å². The van der Waals surface area contributed by atoms with Gasteiger partial charge in [-0.05, 0) is 57.5 Å². The second-order valence-electron chi connectivity index (χ2n) is 6.54. The van der Waals surface area contributed by atoms with E-state index >= 15 is 0 Å². The molecule has 2 heteroatoms. The number of hydrogen-bond donors (Lipinski definition) is 0. The first kappa shape index (κ1) is 14.3. The van der Waals surface area contributed by atoms with E-state index in [1.165, 1.54) is 77.7 Å². The number of nitrogens with zero attached hydrogens (tertiary/aromatic N) is 2. The average molecular weight is 251 g/mol. The second-order valence-corrected chi connectivity index (χ2v) is 6.54. The van der Waals surface area contributed by atoms with Gasteiger partial charge < -0.3 is 9.80 Å². The highest BCUT2D eigenvalue weighted by Gasteiger charge is 2.18. The average Bonchev–Trinajstić information content (AvgIpc) is 2.39. The Morgan fingerprint density at radius 2 is 1.67 bits per heavy atom. The summed E-state index contributed by atoms with van der Waals surface area (Å²) in [5.74, 6) is 2.78. The SMILES string of the molecule is C[C]1CCC(CCCCN2CCN(C)CC2)CC1. The standard InChI is InChI=1S/C16H31N2/c1-15-6-8-16(9-7-15)5-3-4-10-18-13-11-17(2)12-14-18/h16H,3-14H2,1-2H3. The normalized spacial score (nSPS) is 25.7. The van der Waals surface area contributed by atoms with Crippen LogP contribution in [0.2, 0.25) is 0 Å². The third-order valence-corrected chi connectivity index (χ3v) is 4.89. The van der Waals surface area contributed by atoms with Gasteiger partial charge >= 0.3 is 0 Å². The summed E-state index contributed by atoms with van der Waals surface area (Å²) in [6, 6.07) is 0. The molecular weight excluding hydrogens is 220 g/mol. The van der Waals surface area contributed by atoms with Gasteiger partial charge in [0, 0.05) is 26.2 Å². The second kappa shape index (κ2) is 7.49. The molecule has 0 bridgehead atoms. The van der Waals surface area contributed by atoms with Crippen LogP contribution in [0.15, 0.2) is 0 Å². The quantitative estimate of drug-likeness (QED) is 0.692. The number of likely N-dealkylation sites (N-methyl/N-ethyl adjacent to an activating group) is 1. The van der Waals surface area contributed by atoms with Crippen LogP contribution >= 0.6 is 0 Å². The van der Waals surface area contributed by atoms with Crippen LogP contribution in [0.3, 0.4) is 0 Å². The zero-order valence-corrected chi connectivity index (χ0v) is 12.5. The Labute approximate surface area is 114 Å². The van der Waals surface area contributed by atoms with Crippen molar-refractivity contribution in [2.24, 2.45) is 5.92 Å². The Kier molecular flexibility index (Phi) is 5.97. The lowest BCUT2D eigenvalue weighted by molar-refractivity contribution is 0.151. The zero-order chi connectivity index (χ0) is 12.8. The number of hydrogen-bond acceptors (Lipinski definition) is 2. The molecule has 0 spiro atoms. The molecule has 0 amide bonds. The van der Waals surface area contributed by atoms with Crippen LogP contribution in [-0.4, -0.2) is 49.6 Å². The summed E-state index contributed by atoms with van der Waals surface area (Å²) >= 11 is 0. The molecule has 0 N–H and O–H groups in total. The molecule has 1 radical (unpaired) electrons. The minimum atomic E-state index is 1.04. The largest absolute Gasteiger partial charge is 0.304 e. The van der Waals surface area contributed by atoms with Crippen LogP contribution < -0.4 is 0 Å². The monoisotopic (exact) mass is 251 g/mol. The van der Waals surface area contributed by atoms with Gasteiger partial charge in [0.05, 0.1) is 0 Å². The first-order chi connectivity index (χ1) is 8.74. The van der Waals surface area contributed by atoms with Gasteiger partial charge in [0.15, 0.2) is 0 Å². The van der Waals surface area contributed by atoms with E-state index in [1.54, 1.807) is 5.92 Å². The third kappa shape index (κ3) is 4.89. The number of unbranched alkanes of at least 4 members (excludes halogenated alkanes) is 1. The highest BCUT2D eigenvalue weighted by atomic mass is 15.2. The lowest BCUT2D eigenvalue weighted by Crippen LogP contribution is -2.44. The lowest BCUT2D eigenvalue weighted by Gasteiger charge is -2.32. The number of piperazine rings is 1. The Morgan fingerprint density at radius 3 is 2.33 bits per heavy atom. The van der Waals surface area contributed by atoms with Gasteiger partial charge in [-0.2, -0.15) is 0 Å².